The number of fused-ring (bicyclic) bond motifs is 1. The van der Waals surface area contributed by atoms with Crippen molar-refractivity contribution in [2.24, 2.45) is 0 Å². The molecule has 0 radical (unpaired) electrons. The molecule has 1 aromatic heterocycles. The van der Waals surface area contributed by atoms with Gasteiger partial charge in [-0.2, -0.15) is 0 Å². The van der Waals surface area contributed by atoms with Crippen molar-refractivity contribution in [2.45, 2.75) is 0 Å². The van der Waals surface area contributed by atoms with Gasteiger partial charge in [-0.1, -0.05) is 12.1 Å². The lowest BCUT2D eigenvalue weighted by Gasteiger charge is -2.26. The lowest BCUT2D eigenvalue weighted by atomic mass is 10.2. The topological polar surface area (TPSA) is 91.2 Å². The third-order valence-electron chi connectivity index (χ3n) is 3.24. The number of aromatic amines is 1. The molecule has 3 rings (SSSR count). The predicted molar refractivity (Wildman–Crippen MR) is 71.6 cm³/mol. The number of piperazine rings is 1. The molecule has 1 saturated heterocycles. The molecule has 0 bridgehead atoms. The van der Waals surface area contributed by atoms with E-state index >= 15 is 0 Å². The average Bonchev–Trinajstić information content (AvgIpc) is 2.83. The van der Waals surface area contributed by atoms with E-state index in [0.717, 1.165) is 10.9 Å². The van der Waals surface area contributed by atoms with Crippen molar-refractivity contribution in [1.29, 1.82) is 0 Å². The second kappa shape index (κ2) is 4.31. The fourth-order valence-electron chi connectivity index (χ4n) is 2.28. The van der Waals surface area contributed by atoms with Gasteiger partial charge in [-0.25, -0.2) is 0 Å². The second-order valence-corrected chi connectivity index (χ2v) is 4.57. The number of rotatable bonds is 1. The number of para-hydroxylation sites is 1. The Kier molecular flexibility index (Phi) is 2.63. The van der Waals surface area contributed by atoms with E-state index in [0.29, 0.717) is 24.5 Å². The fraction of sp³-hybridized carbons (Fsp3) is 0.231. The van der Waals surface area contributed by atoms with Crippen LogP contribution in [0, 0.1) is 0 Å². The minimum Gasteiger partial charge on any atom is -0.397 e. The summed E-state index contributed by atoms with van der Waals surface area (Å²) in [5, 5.41) is 3.58. The molecule has 2 amide bonds. The van der Waals surface area contributed by atoms with Gasteiger partial charge in [0.25, 0.3) is 5.91 Å². The van der Waals surface area contributed by atoms with Crippen molar-refractivity contribution in [1.82, 2.24) is 15.2 Å². The van der Waals surface area contributed by atoms with E-state index in [1.54, 1.807) is 12.1 Å². The summed E-state index contributed by atoms with van der Waals surface area (Å²) >= 11 is 0. The zero-order valence-corrected chi connectivity index (χ0v) is 10.3. The van der Waals surface area contributed by atoms with Gasteiger partial charge in [0.2, 0.25) is 5.91 Å². The fourth-order valence-corrected chi connectivity index (χ4v) is 2.28. The summed E-state index contributed by atoms with van der Waals surface area (Å²) in [6.45, 7) is 1.12. The molecule has 1 aliphatic rings. The van der Waals surface area contributed by atoms with Gasteiger partial charge >= 0.3 is 0 Å². The number of benzene rings is 1. The molecule has 1 aromatic carbocycles. The standard InChI is InChI=1S/C13H14N4O2/c14-9-3-1-2-8-6-10(16-12(8)9)13(19)17-5-4-15-11(18)7-17/h1-3,6,16H,4-5,7,14H2,(H,15,18). The predicted octanol–water partition coefficient (Wildman–Crippen LogP) is 0.322. The van der Waals surface area contributed by atoms with Crippen LogP contribution in [-0.2, 0) is 4.79 Å². The van der Waals surface area contributed by atoms with Crippen LogP contribution in [0.2, 0.25) is 0 Å². The van der Waals surface area contributed by atoms with Crippen molar-refractivity contribution in [3.05, 3.63) is 30.0 Å². The summed E-state index contributed by atoms with van der Waals surface area (Å²) < 4.78 is 0. The number of nitrogens with two attached hydrogens (primary N) is 1. The van der Waals surface area contributed by atoms with E-state index in [2.05, 4.69) is 10.3 Å². The molecule has 6 nitrogen and oxygen atoms in total. The zero-order chi connectivity index (χ0) is 13.4. The van der Waals surface area contributed by atoms with Crippen LogP contribution in [0.15, 0.2) is 24.3 Å². The van der Waals surface area contributed by atoms with Gasteiger partial charge in [0.05, 0.1) is 17.7 Å². The Morgan fingerprint density at radius 2 is 2.21 bits per heavy atom. The van der Waals surface area contributed by atoms with E-state index in [-0.39, 0.29) is 18.4 Å². The number of amides is 2. The van der Waals surface area contributed by atoms with Gasteiger partial charge in [-0.05, 0) is 12.1 Å². The molecule has 0 spiro atoms. The van der Waals surface area contributed by atoms with Gasteiger partial charge in [-0.3, -0.25) is 9.59 Å². The van der Waals surface area contributed by atoms with E-state index in [4.69, 9.17) is 5.73 Å². The van der Waals surface area contributed by atoms with Crippen molar-refractivity contribution < 1.29 is 9.59 Å². The zero-order valence-electron chi connectivity index (χ0n) is 10.3. The first-order valence-corrected chi connectivity index (χ1v) is 6.08. The van der Waals surface area contributed by atoms with E-state index < -0.39 is 0 Å². The Morgan fingerprint density at radius 3 is 2.95 bits per heavy atom. The van der Waals surface area contributed by atoms with Crippen LogP contribution in [0.1, 0.15) is 10.5 Å². The normalized spacial score (nSPS) is 15.6. The highest BCUT2D eigenvalue weighted by atomic mass is 16.2. The second-order valence-electron chi connectivity index (χ2n) is 4.57. The van der Waals surface area contributed by atoms with Crippen LogP contribution in [0.5, 0.6) is 0 Å². The summed E-state index contributed by atoms with van der Waals surface area (Å²) in [5.74, 6) is -0.305. The third kappa shape index (κ3) is 2.01. The first-order valence-electron chi connectivity index (χ1n) is 6.08. The van der Waals surface area contributed by atoms with Gasteiger partial charge in [0.15, 0.2) is 0 Å². The molecule has 2 aromatic rings. The smallest absolute Gasteiger partial charge is 0.270 e. The van der Waals surface area contributed by atoms with Crippen LogP contribution in [0.25, 0.3) is 10.9 Å². The molecule has 0 atom stereocenters. The van der Waals surface area contributed by atoms with Crippen molar-refractivity contribution >= 4 is 28.4 Å². The SMILES string of the molecule is Nc1cccc2cc(C(=O)N3CCNC(=O)C3)[nH]c12. The lowest BCUT2D eigenvalue weighted by molar-refractivity contribution is -0.123. The maximum Gasteiger partial charge on any atom is 0.270 e. The van der Waals surface area contributed by atoms with E-state index in [1.807, 2.05) is 12.1 Å². The van der Waals surface area contributed by atoms with Crippen LogP contribution >= 0.6 is 0 Å². The first-order chi connectivity index (χ1) is 9.15. The van der Waals surface area contributed by atoms with Crippen LogP contribution in [0.4, 0.5) is 5.69 Å². The molecule has 2 heterocycles. The van der Waals surface area contributed by atoms with Gasteiger partial charge < -0.3 is 20.9 Å². The molecule has 0 saturated carbocycles. The van der Waals surface area contributed by atoms with Crippen molar-refractivity contribution in [2.75, 3.05) is 25.4 Å². The highest BCUT2D eigenvalue weighted by Gasteiger charge is 2.23. The quantitative estimate of drug-likeness (QED) is 0.643. The third-order valence-corrected chi connectivity index (χ3v) is 3.24. The molecular formula is C13H14N4O2. The molecule has 0 unspecified atom stereocenters. The minimum absolute atomic E-state index is 0.101. The number of nitrogen functional groups attached to an aromatic ring is 1. The number of carbonyl (C=O) groups excluding carboxylic acids is 2. The highest BCUT2D eigenvalue weighted by Crippen LogP contribution is 2.21. The summed E-state index contributed by atoms with van der Waals surface area (Å²) in [6.07, 6.45) is 0. The van der Waals surface area contributed by atoms with Gasteiger partial charge in [-0.15, -0.1) is 0 Å². The largest absolute Gasteiger partial charge is 0.397 e. The Morgan fingerprint density at radius 1 is 1.37 bits per heavy atom. The number of nitrogens with zero attached hydrogens (tertiary/aromatic N) is 1. The number of H-pyrrole nitrogens is 1. The Balaban J connectivity index is 1.93. The molecule has 4 N–H and O–H groups in total. The lowest BCUT2D eigenvalue weighted by Crippen LogP contribution is -2.50. The van der Waals surface area contributed by atoms with Crippen molar-refractivity contribution in [3.63, 3.8) is 0 Å². The molecule has 98 valence electrons. The monoisotopic (exact) mass is 258 g/mol. The molecule has 6 heteroatoms. The van der Waals surface area contributed by atoms with Crippen molar-refractivity contribution in [3.8, 4) is 0 Å². The summed E-state index contributed by atoms with van der Waals surface area (Å²) in [4.78, 5) is 28.2. The number of anilines is 1. The van der Waals surface area contributed by atoms with Crippen LogP contribution < -0.4 is 11.1 Å². The van der Waals surface area contributed by atoms with E-state index in [9.17, 15) is 9.59 Å². The Bertz CT molecular complexity index is 662. The molecule has 0 aliphatic carbocycles. The van der Waals surface area contributed by atoms with Crippen LogP contribution in [-0.4, -0.2) is 41.3 Å². The molecular weight excluding hydrogens is 244 g/mol. The Labute approximate surface area is 109 Å². The molecule has 1 aliphatic heterocycles. The number of carbonyl (C=O) groups is 2. The number of hydrogen-bond acceptors (Lipinski definition) is 3. The highest BCUT2D eigenvalue weighted by molar-refractivity contribution is 6.02. The average molecular weight is 258 g/mol. The number of nitrogens with one attached hydrogen (secondary N) is 2. The van der Waals surface area contributed by atoms with Gasteiger partial charge in [0, 0.05) is 18.5 Å². The molecule has 1 fully saturated rings. The molecule has 19 heavy (non-hydrogen) atoms. The first kappa shape index (κ1) is 11.6. The Hall–Kier alpha value is -2.50. The number of aromatic nitrogens is 1. The van der Waals surface area contributed by atoms with E-state index in [1.165, 1.54) is 4.90 Å². The number of hydrogen-bond donors (Lipinski definition) is 3. The summed E-state index contributed by atoms with van der Waals surface area (Å²) in [7, 11) is 0. The maximum atomic E-state index is 12.3. The minimum atomic E-state index is -0.176. The summed E-state index contributed by atoms with van der Waals surface area (Å²) in [5.41, 5.74) is 7.67. The summed E-state index contributed by atoms with van der Waals surface area (Å²) in [6, 6.07) is 7.28. The van der Waals surface area contributed by atoms with Gasteiger partial charge in [0.1, 0.15) is 5.69 Å². The van der Waals surface area contributed by atoms with Crippen LogP contribution in [0.3, 0.4) is 0 Å². The maximum absolute atomic E-state index is 12.3.